The molecule has 2 N–H and O–H groups in total. The standard InChI is InChI=1S/C14H11F4N/c1-7-4-8(15)2-3-9(7)14(19)10-5-12(17)13(18)6-11(10)16/h2-6,14H,19H2,1H3. The number of halogens is 4. The van der Waals surface area contributed by atoms with Crippen LogP contribution in [0.15, 0.2) is 30.3 Å². The van der Waals surface area contributed by atoms with Gasteiger partial charge in [0.2, 0.25) is 0 Å². The maximum atomic E-state index is 13.6. The lowest BCUT2D eigenvalue weighted by atomic mass is 9.95. The van der Waals surface area contributed by atoms with E-state index in [4.69, 9.17) is 5.73 Å². The molecule has 0 fully saturated rings. The van der Waals surface area contributed by atoms with Crippen LogP contribution in [0.3, 0.4) is 0 Å². The summed E-state index contributed by atoms with van der Waals surface area (Å²) in [6.07, 6.45) is 0. The van der Waals surface area contributed by atoms with Gasteiger partial charge in [-0.2, -0.15) is 0 Å². The minimum Gasteiger partial charge on any atom is -0.320 e. The zero-order valence-electron chi connectivity index (χ0n) is 10.1. The average molecular weight is 269 g/mol. The first kappa shape index (κ1) is 13.5. The predicted octanol–water partition coefficient (Wildman–Crippen LogP) is 3.60. The third-order valence-corrected chi connectivity index (χ3v) is 2.94. The van der Waals surface area contributed by atoms with Gasteiger partial charge in [0, 0.05) is 11.6 Å². The number of rotatable bonds is 2. The zero-order valence-corrected chi connectivity index (χ0v) is 10.1. The van der Waals surface area contributed by atoms with Gasteiger partial charge in [-0.3, -0.25) is 0 Å². The summed E-state index contributed by atoms with van der Waals surface area (Å²) in [6, 6.07) is 4.00. The van der Waals surface area contributed by atoms with Gasteiger partial charge >= 0.3 is 0 Å². The van der Waals surface area contributed by atoms with Crippen molar-refractivity contribution in [2.24, 2.45) is 5.73 Å². The Balaban J connectivity index is 2.49. The maximum Gasteiger partial charge on any atom is 0.161 e. The molecule has 1 unspecified atom stereocenters. The molecule has 19 heavy (non-hydrogen) atoms. The third kappa shape index (κ3) is 2.61. The highest BCUT2D eigenvalue weighted by Crippen LogP contribution is 2.26. The summed E-state index contributed by atoms with van der Waals surface area (Å²) < 4.78 is 52.6. The average Bonchev–Trinajstić information content (AvgIpc) is 2.33. The molecule has 2 aromatic carbocycles. The Morgan fingerprint density at radius 3 is 2.11 bits per heavy atom. The summed E-state index contributed by atoms with van der Waals surface area (Å²) in [6.45, 7) is 1.61. The van der Waals surface area contributed by atoms with Crippen molar-refractivity contribution in [2.45, 2.75) is 13.0 Å². The molecular weight excluding hydrogens is 258 g/mol. The van der Waals surface area contributed by atoms with Gasteiger partial charge in [0.1, 0.15) is 11.6 Å². The van der Waals surface area contributed by atoms with Crippen molar-refractivity contribution in [1.82, 2.24) is 0 Å². The highest BCUT2D eigenvalue weighted by molar-refractivity contribution is 5.37. The Labute approximate surface area is 107 Å². The fourth-order valence-electron chi connectivity index (χ4n) is 1.93. The van der Waals surface area contributed by atoms with Gasteiger partial charge in [0.05, 0.1) is 6.04 Å². The minimum absolute atomic E-state index is 0.173. The Morgan fingerprint density at radius 1 is 0.842 bits per heavy atom. The molecule has 2 rings (SSSR count). The van der Waals surface area contributed by atoms with E-state index in [9.17, 15) is 17.6 Å². The Bertz CT molecular complexity index is 625. The molecule has 100 valence electrons. The number of hydrogen-bond acceptors (Lipinski definition) is 1. The van der Waals surface area contributed by atoms with Crippen LogP contribution < -0.4 is 5.73 Å². The van der Waals surface area contributed by atoms with Gasteiger partial charge in [-0.05, 0) is 36.2 Å². The molecule has 1 atom stereocenters. The van der Waals surface area contributed by atoms with E-state index >= 15 is 0 Å². The molecule has 0 aliphatic rings. The molecule has 2 aromatic rings. The summed E-state index contributed by atoms with van der Waals surface area (Å²) in [4.78, 5) is 0. The van der Waals surface area contributed by atoms with Crippen LogP contribution in [0.4, 0.5) is 17.6 Å². The first-order chi connectivity index (χ1) is 8.90. The van der Waals surface area contributed by atoms with E-state index in [-0.39, 0.29) is 5.56 Å². The van der Waals surface area contributed by atoms with E-state index in [0.29, 0.717) is 17.2 Å². The molecule has 0 aliphatic heterocycles. The van der Waals surface area contributed by atoms with Crippen molar-refractivity contribution in [3.8, 4) is 0 Å². The summed E-state index contributed by atoms with van der Waals surface area (Å²) in [5.74, 6) is -3.83. The smallest absolute Gasteiger partial charge is 0.161 e. The second-order valence-electron chi connectivity index (χ2n) is 4.27. The van der Waals surface area contributed by atoms with Crippen LogP contribution in [0.25, 0.3) is 0 Å². The van der Waals surface area contributed by atoms with Crippen LogP contribution >= 0.6 is 0 Å². The third-order valence-electron chi connectivity index (χ3n) is 2.94. The van der Waals surface area contributed by atoms with Gasteiger partial charge in [0.25, 0.3) is 0 Å². The SMILES string of the molecule is Cc1cc(F)ccc1C(N)c1cc(F)c(F)cc1F. The maximum absolute atomic E-state index is 13.6. The van der Waals surface area contributed by atoms with Crippen molar-refractivity contribution in [3.05, 3.63) is 70.3 Å². The molecule has 0 aliphatic carbocycles. The number of aryl methyl sites for hydroxylation is 1. The van der Waals surface area contributed by atoms with Crippen LogP contribution in [-0.2, 0) is 0 Å². The first-order valence-corrected chi connectivity index (χ1v) is 5.56. The van der Waals surface area contributed by atoms with Crippen molar-refractivity contribution >= 4 is 0 Å². The van der Waals surface area contributed by atoms with Gasteiger partial charge in [-0.1, -0.05) is 6.07 Å². The molecular formula is C14H11F4N. The zero-order chi connectivity index (χ0) is 14.2. The topological polar surface area (TPSA) is 26.0 Å². The molecule has 0 spiro atoms. The van der Waals surface area contributed by atoms with E-state index in [1.54, 1.807) is 6.92 Å². The lowest BCUT2D eigenvalue weighted by Gasteiger charge is -2.16. The molecule has 0 aromatic heterocycles. The van der Waals surface area contributed by atoms with Crippen LogP contribution in [0.2, 0.25) is 0 Å². The Morgan fingerprint density at radius 2 is 1.47 bits per heavy atom. The van der Waals surface area contributed by atoms with Crippen molar-refractivity contribution < 1.29 is 17.6 Å². The second-order valence-corrected chi connectivity index (χ2v) is 4.27. The highest BCUT2D eigenvalue weighted by Gasteiger charge is 2.18. The van der Waals surface area contributed by atoms with Crippen molar-refractivity contribution in [2.75, 3.05) is 0 Å². The Hall–Kier alpha value is -1.88. The van der Waals surface area contributed by atoms with Crippen molar-refractivity contribution in [1.29, 1.82) is 0 Å². The lowest BCUT2D eigenvalue weighted by Crippen LogP contribution is -2.16. The van der Waals surface area contributed by atoms with Crippen LogP contribution in [0.1, 0.15) is 22.7 Å². The predicted molar refractivity (Wildman–Crippen MR) is 63.5 cm³/mol. The number of hydrogen-bond donors (Lipinski definition) is 1. The van der Waals surface area contributed by atoms with Gasteiger partial charge in [-0.15, -0.1) is 0 Å². The van der Waals surface area contributed by atoms with Gasteiger partial charge in [0.15, 0.2) is 11.6 Å². The van der Waals surface area contributed by atoms with Crippen LogP contribution in [-0.4, -0.2) is 0 Å². The monoisotopic (exact) mass is 269 g/mol. The van der Waals surface area contributed by atoms with Gasteiger partial charge < -0.3 is 5.73 Å². The number of benzene rings is 2. The summed E-state index contributed by atoms with van der Waals surface area (Å²) >= 11 is 0. The number of nitrogens with two attached hydrogens (primary N) is 1. The molecule has 0 radical (unpaired) electrons. The fourth-order valence-corrected chi connectivity index (χ4v) is 1.93. The molecule has 1 nitrogen and oxygen atoms in total. The largest absolute Gasteiger partial charge is 0.320 e. The van der Waals surface area contributed by atoms with Gasteiger partial charge in [-0.25, -0.2) is 17.6 Å². The molecule has 0 amide bonds. The molecule has 0 heterocycles. The van der Waals surface area contributed by atoms with Crippen molar-refractivity contribution in [3.63, 3.8) is 0 Å². The van der Waals surface area contributed by atoms with Crippen LogP contribution in [0, 0.1) is 30.2 Å². The molecule has 0 saturated heterocycles. The van der Waals surface area contributed by atoms with E-state index in [1.807, 2.05) is 0 Å². The highest BCUT2D eigenvalue weighted by atomic mass is 19.2. The summed E-state index contributed by atoms with van der Waals surface area (Å²) in [7, 11) is 0. The lowest BCUT2D eigenvalue weighted by molar-refractivity contribution is 0.487. The summed E-state index contributed by atoms with van der Waals surface area (Å²) in [5.41, 5.74) is 6.62. The molecule has 5 heteroatoms. The van der Waals surface area contributed by atoms with E-state index in [2.05, 4.69) is 0 Å². The normalized spacial score (nSPS) is 12.5. The van der Waals surface area contributed by atoms with Crippen LogP contribution in [0.5, 0.6) is 0 Å². The minimum atomic E-state index is -1.27. The first-order valence-electron chi connectivity index (χ1n) is 5.56. The van der Waals surface area contributed by atoms with E-state index in [0.717, 1.165) is 6.07 Å². The fraction of sp³-hybridized carbons (Fsp3) is 0.143. The molecule has 0 saturated carbocycles. The second kappa shape index (κ2) is 5.01. The van der Waals surface area contributed by atoms with E-state index in [1.165, 1.54) is 18.2 Å². The Kier molecular flexibility index (Phi) is 3.57. The summed E-state index contributed by atoms with van der Waals surface area (Å²) in [5, 5.41) is 0. The molecule has 0 bridgehead atoms. The van der Waals surface area contributed by atoms with E-state index < -0.39 is 29.3 Å². The quantitative estimate of drug-likeness (QED) is 0.654.